The Hall–Kier alpha value is -1.14. The quantitative estimate of drug-likeness (QED) is 0.823. The number of aromatic hydroxyl groups is 1. The number of nitrogens with zero attached hydrogens (tertiary/aromatic N) is 1. The van der Waals surface area contributed by atoms with Crippen LogP contribution in [0.2, 0.25) is 5.02 Å². The molecule has 0 spiro atoms. The molecule has 110 valence electrons. The second-order valence-electron chi connectivity index (χ2n) is 4.90. The number of aliphatic hydroxyl groups excluding tert-OH is 1. The number of ether oxygens (including phenoxy) is 1. The van der Waals surface area contributed by atoms with E-state index in [-0.39, 0.29) is 29.7 Å². The van der Waals surface area contributed by atoms with E-state index in [9.17, 15) is 15.0 Å². The van der Waals surface area contributed by atoms with Gasteiger partial charge in [0.05, 0.1) is 31.4 Å². The molecule has 1 fully saturated rings. The van der Waals surface area contributed by atoms with E-state index in [1.165, 1.54) is 13.0 Å². The van der Waals surface area contributed by atoms with E-state index >= 15 is 0 Å². The van der Waals surface area contributed by atoms with Crippen LogP contribution in [0.3, 0.4) is 0 Å². The van der Waals surface area contributed by atoms with Gasteiger partial charge in [-0.3, -0.25) is 9.69 Å². The second kappa shape index (κ2) is 6.54. The third kappa shape index (κ3) is 3.30. The maximum Gasteiger partial charge on any atom is 0.163 e. The summed E-state index contributed by atoms with van der Waals surface area (Å²) in [7, 11) is 0. The van der Waals surface area contributed by atoms with Gasteiger partial charge in [0.25, 0.3) is 0 Å². The minimum absolute atomic E-state index is 0.0130. The highest BCUT2D eigenvalue weighted by atomic mass is 35.5. The van der Waals surface area contributed by atoms with E-state index in [0.717, 1.165) is 0 Å². The molecule has 0 aliphatic carbocycles. The molecular weight excluding hydrogens is 282 g/mol. The minimum Gasteiger partial charge on any atom is -0.507 e. The van der Waals surface area contributed by atoms with Crippen LogP contribution < -0.4 is 0 Å². The molecule has 0 bridgehead atoms. The molecule has 0 saturated carbocycles. The first-order chi connectivity index (χ1) is 9.52. The molecule has 1 saturated heterocycles. The van der Waals surface area contributed by atoms with Crippen LogP contribution in [0.1, 0.15) is 22.8 Å². The van der Waals surface area contributed by atoms with Crippen LogP contribution in [-0.2, 0) is 11.3 Å². The number of benzene rings is 1. The van der Waals surface area contributed by atoms with Crippen molar-refractivity contribution in [3.63, 3.8) is 0 Å². The summed E-state index contributed by atoms with van der Waals surface area (Å²) in [5.74, 6) is -0.267. The normalized spacial score (nSPS) is 20.1. The molecule has 1 aromatic rings. The van der Waals surface area contributed by atoms with Gasteiger partial charge < -0.3 is 14.9 Å². The number of morpholine rings is 1. The lowest BCUT2D eigenvalue weighted by Gasteiger charge is -2.34. The monoisotopic (exact) mass is 299 g/mol. The van der Waals surface area contributed by atoms with Gasteiger partial charge in [-0.1, -0.05) is 11.6 Å². The zero-order valence-electron chi connectivity index (χ0n) is 11.3. The number of phenolic OH excluding ortho intramolecular Hbond substituents is 1. The largest absolute Gasteiger partial charge is 0.507 e. The molecular formula is C14H18ClNO4. The van der Waals surface area contributed by atoms with Gasteiger partial charge in [0.15, 0.2) is 5.78 Å². The number of carbonyl (C=O) groups excluding carboxylic acids is 1. The van der Waals surface area contributed by atoms with Gasteiger partial charge in [-0.25, -0.2) is 0 Å². The molecule has 5 nitrogen and oxygen atoms in total. The number of halogens is 1. The minimum atomic E-state index is -0.230. The molecule has 2 N–H and O–H groups in total. The van der Waals surface area contributed by atoms with Crippen LogP contribution in [0.5, 0.6) is 5.75 Å². The van der Waals surface area contributed by atoms with Gasteiger partial charge in [-0.15, -0.1) is 0 Å². The van der Waals surface area contributed by atoms with Crippen molar-refractivity contribution >= 4 is 17.4 Å². The third-order valence-electron chi connectivity index (χ3n) is 3.47. The lowest BCUT2D eigenvalue weighted by Crippen LogP contribution is -2.46. The molecule has 1 aromatic carbocycles. The van der Waals surface area contributed by atoms with Crippen LogP contribution in [0.15, 0.2) is 12.1 Å². The van der Waals surface area contributed by atoms with Crippen molar-refractivity contribution in [1.29, 1.82) is 0 Å². The van der Waals surface area contributed by atoms with Crippen molar-refractivity contribution < 1.29 is 19.7 Å². The summed E-state index contributed by atoms with van der Waals surface area (Å²) in [4.78, 5) is 13.5. The smallest absolute Gasteiger partial charge is 0.163 e. The van der Waals surface area contributed by atoms with E-state index in [4.69, 9.17) is 16.3 Å². The fraction of sp³-hybridized carbons (Fsp3) is 0.500. The van der Waals surface area contributed by atoms with Crippen LogP contribution in [0.4, 0.5) is 0 Å². The standard InChI is InChI=1S/C14H18ClNO4/c1-9(18)13-5-11(15)4-10(14(13)19)6-16-2-3-20-8-12(16)7-17/h4-5,12,17,19H,2-3,6-8H2,1H3. The van der Waals surface area contributed by atoms with E-state index in [1.807, 2.05) is 4.90 Å². The highest BCUT2D eigenvalue weighted by Crippen LogP contribution is 2.29. The predicted octanol–water partition coefficient (Wildman–Crippen LogP) is 1.44. The Morgan fingerprint density at radius 3 is 2.95 bits per heavy atom. The van der Waals surface area contributed by atoms with Crippen LogP contribution in [0, 0.1) is 0 Å². The van der Waals surface area contributed by atoms with Crippen molar-refractivity contribution in [2.24, 2.45) is 0 Å². The lowest BCUT2D eigenvalue weighted by molar-refractivity contribution is -0.0315. The Bertz CT molecular complexity index is 506. The van der Waals surface area contributed by atoms with E-state index in [2.05, 4.69) is 0 Å². The lowest BCUT2D eigenvalue weighted by atomic mass is 10.0. The second-order valence-corrected chi connectivity index (χ2v) is 5.34. The van der Waals surface area contributed by atoms with Gasteiger partial charge in [0.1, 0.15) is 5.75 Å². The third-order valence-corrected chi connectivity index (χ3v) is 3.68. The summed E-state index contributed by atoms with van der Waals surface area (Å²) < 4.78 is 5.31. The average molecular weight is 300 g/mol. The van der Waals surface area contributed by atoms with Crippen LogP contribution in [0.25, 0.3) is 0 Å². The molecule has 6 heteroatoms. The first-order valence-corrected chi connectivity index (χ1v) is 6.85. The topological polar surface area (TPSA) is 70.0 Å². The molecule has 1 atom stereocenters. The summed E-state index contributed by atoms with van der Waals surface area (Å²) in [5.41, 5.74) is 0.810. The predicted molar refractivity (Wildman–Crippen MR) is 75.2 cm³/mol. The molecule has 0 radical (unpaired) electrons. The summed E-state index contributed by atoms with van der Waals surface area (Å²) in [5, 5.41) is 19.9. The molecule has 1 heterocycles. The number of Topliss-reactive ketones (excluding diaryl/α,β-unsaturated/α-hetero) is 1. The molecule has 2 rings (SSSR count). The first kappa shape index (κ1) is 15.3. The van der Waals surface area contributed by atoms with Crippen molar-refractivity contribution in [3.8, 4) is 5.75 Å². The van der Waals surface area contributed by atoms with Crippen molar-refractivity contribution in [3.05, 3.63) is 28.3 Å². The zero-order chi connectivity index (χ0) is 14.7. The first-order valence-electron chi connectivity index (χ1n) is 6.48. The Labute approximate surface area is 122 Å². The maximum absolute atomic E-state index is 11.5. The summed E-state index contributed by atoms with van der Waals surface area (Å²) >= 11 is 6.00. The van der Waals surface area contributed by atoms with Gasteiger partial charge in [0.2, 0.25) is 0 Å². The van der Waals surface area contributed by atoms with Crippen molar-refractivity contribution in [2.45, 2.75) is 19.5 Å². The van der Waals surface area contributed by atoms with E-state index in [0.29, 0.717) is 36.9 Å². The summed E-state index contributed by atoms with van der Waals surface area (Å²) in [6.07, 6.45) is 0. The summed E-state index contributed by atoms with van der Waals surface area (Å²) in [6.45, 7) is 3.49. The van der Waals surface area contributed by atoms with Gasteiger partial charge >= 0.3 is 0 Å². The number of aliphatic hydroxyl groups is 1. The fourth-order valence-electron chi connectivity index (χ4n) is 2.33. The molecule has 20 heavy (non-hydrogen) atoms. The summed E-state index contributed by atoms with van der Waals surface area (Å²) in [6, 6.07) is 3.00. The molecule has 0 aromatic heterocycles. The fourth-order valence-corrected chi connectivity index (χ4v) is 2.57. The number of carbonyl (C=O) groups is 1. The molecule has 1 aliphatic heterocycles. The molecule has 1 aliphatic rings. The van der Waals surface area contributed by atoms with Gasteiger partial charge in [0, 0.05) is 23.7 Å². The Kier molecular flexibility index (Phi) is 4.99. The number of rotatable bonds is 4. The van der Waals surface area contributed by atoms with Gasteiger partial charge in [-0.05, 0) is 19.1 Å². The molecule has 0 amide bonds. The number of phenols is 1. The van der Waals surface area contributed by atoms with E-state index < -0.39 is 0 Å². The SMILES string of the molecule is CC(=O)c1cc(Cl)cc(CN2CCOCC2CO)c1O. The Morgan fingerprint density at radius 2 is 2.30 bits per heavy atom. The number of ketones is 1. The Morgan fingerprint density at radius 1 is 1.55 bits per heavy atom. The highest BCUT2D eigenvalue weighted by Gasteiger charge is 2.24. The maximum atomic E-state index is 11.5. The van der Waals surface area contributed by atoms with Crippen LogP contribution >= 0.6 is 11.6 Å². The molecule has 1 unspecified atom stereocenters. The van der Waals surface area contributed by atoms with Crippen molar-refractivity contribution in [2.75, 3.05) is 26.4 Å². The zero-order valence-corrected chi connectivity index (χ0v) is 12.1. The Balaban J connectivity index is 2.26. The highest BCUT2D eigenvalue weighted by molar-refractivity contribution is 6.31. The van der Waals surface area contributed by atoms with Crippen molar-refractivity contribution in [1.82, 2.24) is 4.90 Å². The van der Waals surface area contributed by atoms with Crippen LogP contribution in [-0.4, -0.2) is 53.3 Å². The average Bonchev–Trinajstić information content (AvgIpc) is 2.42. The number of hydrogen-bond donors (Lipinski definition) is 2. The number of hydrogen-bond acceptors (Lipinski definition) is 5. The van der Waals surface area contributed by atoms with E-state index in [1.54, 1.807) is 6.07 Å². The van der Waals surface area contributed by atoms with Gasteiger partial charge in [-0.2, -0.15) is 0 Å².